The van der Waals surface area contributed by atoms with E-state index in [0.717, 1.165) is 25.7 Å². The molecule has 1 aliphatic rings. The zero-order valence-electron chi connectivity index (χ0n) is 25.1. The van der Waals surface area contributed by atoms with Crippen molar-refractivity contribution in [1.29, 1.82) is 0 Å². The molecule has 7 nitrogen and oxygen atoms in total. The van der Waals surface area contributed by atoms with Crippen molar-refractivity contribution in [3.8, 4) is 0 Å². The van der Waals surface area contributed by atoms with Gasteiger partial charge in [-0.15, -0.1) is 0 Å². The van der Waals surface area contributed by atoms with Gasteiger partial charge in [0.25, 0.3) is 7.82 Å². The van der Waals surface area contributed by atoms with Crippen molar-refractivity contribution in [3.63, 3.8) is 0 Å². The van der Waals surface area contributed by atoms with Crippen molar-refractivity contribution in [2.75, 3.05) is 6.61 Å². The van der Waals surface area contributed by atoms with Crippen molar-refractivity contribution in [1.82, 2.24) is 11.5 Å². The Morgan fingerprint density at radius 1 is 0.789 bits per heavy atom. The van der Waals surface area contributed by atoms with Crippen LogP contribution < -0.4 is 16.4 Å². The topological polar surface area (TPSA) is 124 Å². The third-order valence-electron chi connectivity index (χ3n) is 7.21. The van der Waals surface area contributed by atoms with Crippen LogP contribution in [0.1, 0.15) is 155 Å². The van der Waals surface area contributed by atoms with Crippen LogP contribution in [-0.2, 0) is 18.4 Å². The molecule has 1 heterocycles. The summed E-state index contributed by atoms with van der Waals surface area (Å²) in [6.07, 6.45) is 29.6. The molecule has 2 unspecified atom stereocenters. The van der Waals surface area contributed by atoms with Gasteiger partial charge in [0.1, 0.15) is 6.10 Å². The molecule has 1 amide bonds. The maximum atomic E-state index is 12.4. The van der Waals surface area contributed by atoms with Crippen LogP contribution in [0.15, 0.2) is 12.2 Å². The van der Waals surface area contributed by atoms with E-state index in [1.807, 2.05) is 6.08 Å². The number of quaternary nitrogens is 1. The fraction of sp³-hybridized carbons (Fsp3) is 0.900. The highest BCUT2D eigenvalue weighted by Crippen LogP contribution is 2.44. The molecule has 1 rings (SSSR count). The van der Waals surface area contributed by atoms with Crippen molar-refractivity contribution in [2.24, 2.45) is 0 Å². The Hall–Kier alpha value is -0.720. The molecular weight excluding hydrogens is 499 g/mol. The number of carbonyl (C=O) groups is 1. The van der Waals surface area contributed by atoms with Crippen molar-refractivity contribution >= 4 is 13.7 Å². The minimum absolute atomic E-state index is 0. The lowest BCUT2D eigenvalue weighted by molar-refractivity contribution is -0.237. The number of unbranched alkanes of at least 4 members (excludes halogenated alkanes) is 19. The number of hydrogen-bond acceptors (Lipinski definition) is 5. The number of nitrogens with one attached hydrogen (secondary N) is 1. The molecule has 0 radical (unpaired) electrons. The maximum absolute atomic E-state index is 12.4. The Balaban J connectivity index is 0.0000137. The Kier molecular flexibility index (Phi) is 24.8. The normalized spacial score (nSPS) is 21.4. The minimum atomic E-state index is -4.31. The first kappa shape index (κ1) is 37.3. The number of rotatable bonds is 24. The summed E-state index contributed by atoms with van der Waals surface area (Å²) in [6, 6.07) is -0.476. The molecule has 3 atom stereocenters. The SMILES string of the molecule is CCCCCCCCCCCCC/C=C/C1OP(=O)([O-])OC[C@@H]1NC(=O)CCCCCCCCCCC.[NH4+]. The number of phosphoric acid groups is 1. The second kappa shape index (κ2) is 25.3. The monoisotopic (exact) mass is 560 g/mol. The first-order chi connectivity index (χ1) is 18.0. The van der Waals surface area contributed by atoms with Gasteiger partial charge in [0.15, 0.2) is 0 Å². The number of phosphoric ester groups is 1. The molecule has 0 aliphatic carbocycles. The van der Waals surface area contributed by atoms with Gasteiger partial charge in [-0.1, -0.05) is 142 Å². The molecule has 1 saturated heterocycles. The van der Waals surface area contributed by atoms with Crippen molar-refractivity contribution in [2.45, 2.75) is 167 Å². The van der Waals surface area contributed by atoms with Crippen LogP contribution in [0.25, 0.3) is 0 Å². The Bertz CT molecular complexity index is 632. The van der Waals surface area contributed by atoms with Crippen LogP contribution in [0.5, 0.6) is 0 Å². The zero-order valence-corrected chi connectivity index (χ0v) is 26.0. The third-order valence-corrected chi connectivity index (χ3v) is 8.18. The van der Waals surface area contributed by atoms with E-state index in [1.54, 1.807) is 6.08 Å². The molecule has 1 aliphatic heterocycles. The van der Waals surface area contributed by atoms with Gasteiger partial charge in [-0.25, -0.2) is 0 Å². The van der Waals surface area contributed by atoms with Crippen LogP contribution in [0.4, 0.5) is 0 Å². The van der Waals surface area contributed by atoms with E-state index in [0.29, 0.717) is 6.42 Å². The number of amides is 1. The minimum Gasteiger partial charge on any atom is -0.756 e. The summed E-state index contributed by atoms with van der Waals surface area (Å²) in [4.78, 5) is 24.2. The van der Waals surface area contributed by atoms with Gasteiger partial charge >= 0.3 is 0 Å². The molecule has 8 heteroatoms. The molecule has 0 aromatic rings. The lowest BCUT2D eigenvalue weighted by atomic mass is 10.0. The lowest BCUT2D eigenvalue weighted by Crippen LogP contribution is -2.49. The highest BCUT2D eigenvalue weighted by molar-refractivity contribution is 7.45. The summed E-state index contributed by atoms with van der Waals surface area (Å²) in [5.41, 5.74) is 0. The summed E-state index contributed by atoms with van der Waals surface area (Å²) in [7, 11) is -4.31. The van der Waals surface area contributed by atoms with Gasteiger partial charge in [-0.2, -0.15) is 0 Å². The molecule has 5 N–H and O–H groups in total. The van der Waals surface area contributed by atoms with Gasteiger partial charge in [-0.05, 0) is 19.3 Å². The largest absolute Gasteiger partial charge is 0.756 e. The first-order valence-corrected chi connectivity index (χ1v) is 17.0. The smallest absolute Gasteiger partial charge is 0.268 e. The van der Waals surface area contributed by atoms with Crippen molar-refractivity contribution in [3.05, 3.63) is 12.2 Å². The fourth-order valence-corrected chi connectivity index (χ4v) is 5.76. The average Bonchev–Trinajstić information content (AvgIpc) is 2.87. The van der Waals surface area contributed by atoms with Gasteiger partial charge in [-0.3, -0.25) is 9.36 Å². The summed E-state index contributed by atoms with van der Waals surface area (Å²) in [5.74, 6) is -0.0634. The fourth-order valence-electron chi connectivity index (χ4n) is 4.84. The Morgan fingerprint density at radius 2 is 1.24 bits per heavy atom. The van der Waals surface area contributed by atoms with E-state index in [1.165, 1.54) is 109 Å². The predicted molar refractivity (Wildman–Crippen MR) is 158 cm³/mol. The van der Waals surface area contributed by atoms with E-state index >= 15 is 0 Å². The summed E-state index contributed by atoms with van der Waals surface area (Å²) >= 11 is 0. The third kappa shape index (κ3) is 21.1. The van der Waals surface area contributed by atoms with Crippen LogP contribution >= 0.6 is 7.82 Å². The molecule has 0 saturated carbocycles. The highest BCUT2D eigenvalue weighted by Gasteiger charge is 2.32. The van der Waals surface area contributed by atoms with Gasteiger partial charge in [0.05, 0.1) is 12.6 Å². The van der Waals surface area contributed by atoms with Gasteiger partial charge in [0.2, 0.25) is 5.91 Å². The molecule has 0 bridgehead atoms. The Morgan fingerprint density at radius 3 is 1.74 bits per heavy atom. The molecule has 0 aromatic heterocycles. The number of carbonyl (C=O) groups excluding carboxylic acids is 1. The summed E-state index contributed by atoms with van der Waals surface area (Å²) in [5, 5.41) is 2.93. The molecule has 1 fully saturated rings. The summed E-state index contributed by atoms with van der Waals surface area (Å²) in [6.45, 7) is 4.41. The lowest BCUT2D eigenvalue weighted by Gasteiger charge is -2.37. The standard InChI is InChI=1S/C30H58NO5P.H3N/c1-3-5-7-9-11-13-14-15-16-18-19-21-23-25-29-28(27-35-37(33,34)36-29)31-30(32)26-24-22-20-17-12-10-8-6-4-2;/h23,25,28-29H,3-22,24,26-27H2,1-2H3,(H,31,32)(H,33,34);1H3/b25-23+;/t28-,29?;/m0./s1. The predicted octanol–water partition coefficient (Wildman–Crippen LogP) is 8.91. The second-order valence-electron chi connectivity index (χ2n) is 10.8. The first-order valence-electron chi connectivity index (χ1n) is 15.6. The summed E-state index contributed by atoms with van der Waals surface area (Å²) < 4.78 is 21.8. The van der Waals surface area contributed by atoms with E-state index in [9.17, 15) is 14.3 Å². The molecule has 0 aromatic carbocycles. The van der Waals surface area contributed by atoms with E-state index in [-0.39, 0.29) is 18.7 Å². The van der Waals surface area contributed by atoms with Crippen LogP contribution in [0.3, 0.4) is 0 Å². The van der Waals surface area contributed by atoms with Crippen LogP contribution in [0, 0.1) is 0 Å². The highest BCUT2D eigenvalue weighted by atomic mass is 31.2. The zero-order chi connectivity index (χ0) is 27.0. The Labute approximate surface area is 234 Å². The maximum Gasteiger partial charge on any atom is 0.268 e. The van der Waals surface area contributed by atoms with Crippen LogP contribution in [0.2, 0.25) is 0 Å². The average molecular weight is 561 g/mol. The molecule has 0 spiro atoms. The van der Waals surface area contributed by atoms with Crippen LogP contribution in [-0.4, -0.2) is 24.7 Å². The van der Waals surface area contributed by atoms with E-state index in [4.69, 9.17) is 9.05 Å². The molecule has 38 heavy (non-hydrogen) atoms. The van der Waals surface area contributed by atoms with Gasteiger partial charge < -0.3 is 25.4 Å². The van der Waals surface area contributed by atoms with Gasteiger partial charge in [0, 0.05) is 6.42 Å². The number of hydrogen-bond donors (Lipinski definition) is 2. The quantitative estimate of drug-likeness (QED) is 0.0692. The molecule has 226 valence electrons. The van der Waals surface area contributed by atoms with E-state index < -0.39 is 20.0 Å². The second-order valence-corrected chi connectivity index (χ2v) is 12.2. The molecular formula is C30H61N2O5P. The van der Waals surface area contributed by atoms with Crippen molar-refractivity contribution < 1.29 is 23.3 Å². The van der Waals surface area contributed by atoms with E-state index in [2.05, 4.69) is 19.2 Å². The number of allylic oxidation sites excluding steroid dienone is 1.